The largest absolute Gasteiger partial charge is 0.506 e. The van der Waals surface area contributed by atoms with Crippen molar-refractivity contribution < 1.29 is 24.6 Å². The number of carboxylic acid groups (broad SMARTS) is 1. The molecular weight excluding hydrogens is 348 g/mol. The Morgan fingerprint density at radius 3 is 2.63 bits per heavy atom. The number of nitrogens with zero attached hydrogens (tertiary/aromatic N) is 1. The van der Waals surface area contributed by atoms with Crippen molar-refractivity contribution in [3.63, 3.8) is 0 Å². The number of fused-ring (bicyclic) bond motifs is 1. The van der Waals surface area contributed by atoms with Gasteiger partial charge in [0.1, 0.15) is 17.9 Å². The predicted molar refractivity (Wildman–Crippen MR) is 98.0 cm³/mol. The van der Waals surface area contributed by atoms with Crippen LogP contribution in [0, 0.1) is 6.92 Å². The fourth-order valence-electron chi connectivity index (χ4n) is 3.24. The molecule has 0 saturated carbocycles. The smallest absolute Gasteiger partial charge is 0.322 e. The lowest BCUT2D eigenvalue weighted by atomic mass is 9.78. The molecule has 1 unspecified atom stereocenters. The molecule has 7 nitrogen and oxygen atoms in total. The van der Waals surface area contributed by atoms with Crippen LogP contribution in [-0.2, 0) is 14.4 Å². The van der Waals surface area contributed by atoms with Gasteiger partial charge in [0.25, 0.3) is 5.91 Å². The minimum atomic E-state index is -1.24. The van der Waals surface area contributed by atoms with Crippen LogP contribution in [0.1, 0.15) is 29.5 Å². The molecule has 0 radical (unpaired) electrons. The van der Waals surface area contributed by atoms with Gasteiger partial charge in [-0.25, -0.2) is 0 Å². The van der Waals surface area contributed by atoms with Gasteiger partial charge in [-0.15, -0.1) is 0 Å². The second-order valence-corrected chi connectivity index (χ2v) is 6.39. The van der Waals surface area contributed by atoms with Crippen LogP contribution < -0.4 is 5.32 Å². The number of carboxylic acids is 1. The second kappa shape index (κ2) is 7.03. The lowest BCUT2D eigenvalue weighted by Gasteiger charge is -2.25. The van der Waals surface area contributed by atoms with E-state index >= 15 is 0 Å². The van der Waals surface area contributed by atoms with Gasteiger partial charge >= 0.3 is 5.97 Å². The highest BCUT2D eigenvalue weighted by molar-refractivity contribution is 6.27. The van der Waals surface area contributed by atoms with E-state index in [4.69, 9.17) is 5.11 Å². The van der Waals surface area contributed by atoms with Gasteiger partial charge in [0.05, 0.1) is 0 Å². The molecule has 27 heavy (non-hydrogen) atoms. The number of hydrogen-bond acceptors (Lipinski definition) is 5. The summed E-state index contributed by atoms with van der Waals surface area (Å²) in [6.45, 7) is 2.80. The molecule has 2 aromatic rings. The number of aryl methyl sites for hydroxylation is 1. The summed E-state index contributed by atoms with van der Waals surface area (Å²) in [7, 11) is 0. The Morgan fingerprint density at radius 2 is 2.00 bits per heavy atom. The SMILES string of the molecule is Cc1cc(-c2cccnc2)cc2c1C(O)=C(C(=O)NCC(=O)O)C(=O)C2C. The maximum Gasteiger partial charge on any atom is 0.322 e. The van der Waals surface area contributed by atoms with E-state index in [9.17, 15) is 19.5 Å². The Hall–Kier alpha value is -3.48. The standard InChI is InChI=1S/C20H18N2O5/c1-10-6-13(12-4-3-5-21-8-12)7-14-11(2)18(25)17(19(26)16(10)14)20(27)22-9-15(23)24/h3-8,11,26H,9H2,1-2H3,(H,22,27)(H,23,24). The maximum absolute atomic E-state index is 12.7. The molecule has 0 spiro atoms. The molecule has 1 aromatic heterocycles. The highest BCUT2D eigenvalue weighted by Crippen LogP contribution is 2.39. The first-order valence-electron chi connectivity index (χ1n) is 8.34. The van der Waals surface area contributed by atoms with Crippen LogP contribution in [0.4, 0.5) is 0 Å². The summed E-state index contributed by atoms with van der Waals surface area (Å²) in [6, 6.07) is 7.36. The van der Waals surface area contributed by atoms with Gasteiger partial charge in [-0.3, -0.25) is 19.4 Å². The Kier molecular flexibility index (Phi) is 4.77. The van der Waals surface area contributed by atoms with Crippen LogP contribution in [0.2, 0.25) is 0 Å². The lowest BCUT2D eigenvalue weighted by molar-refractivity contribution is -0.137. The number of nitrogens with one attached hydrogen (secondary N) is 1. The van der Waals surface area contributed by atoms with Gasteiger partial charge in [0, 0.05) is 29.4 Å². The van der Waals surface area contributed by atoms with Crippen LogP contribution >= 0.6 is 0 Å². The van der Waals surface area contributed by atoms with E-state index in [2.05, 4.69) is 10.3 Å². The lowest BCUT2D eigenvalue weighted by Crippen LogP contribution is -2.36. The molecular formula is C20H18N2O5. The number of pyridine rings is 1. The van der Waals surface area contributed by atoms with Crippen molar-refractivity contribution in [3.05, 3.63) is 58.9 Å². The number of aromatic nitrogens is 1. The van der Waals surface area contributed by atoms with Crippen molar-refractivity contribution in [1.29, 1.82) is 0 Å². The van der Waals surface area contributed by atoms with Gasteiger partial charge in [-0.05, 0) is 35.7 Å². The Morgan fingerprint density at radius 1 is 1.26 bits per heavy atom. The van der Waals surface area contributed by atoms with Gasteiger partial charge in [0.2, 0.25) is 0 Å². The van der Waals surface area contributed by atoms with E-state index in [1.54, 1.807) is 32.3 Å². The predicted octanol–water partition coefficient (Wildman–Crippen LogP) is 2.21. The first kappa shape index (κ1) is 18.3. The highest BCUT2D eigenvalue weighted by atomic mass is 16.4. The molecule has 1 heterocycles. The summed E-state index contributed by atoms with van der Waals surface area (Å²) in [5.74, 6) is -3.76. The fraction of sp³-hybridized carbons (Fsp3) is 0.200. The molecule has 0 saturated heterocycles. The van der Waals surface area contributed by atoms with Crippen LogP contribution in [0.5, 0.6) is 0 Å². The summed E-state index contributed by atoms with van der Waals surface area (Å²) in [4.78, 5) is 39.7. The summed E-state index contributed by atoms with van der Waals surface area (Å²) < 4.78 is 0. The molecule has 1 atom stereocenters. The van der Waals surface area contributed by atoms with Gasteiger partial charge in [-0.1, -0.05) is 19.1 Å². The summed E-state index contributed by atoms with van der Waals surface area (Å²) in [5, 5.41) is 21.5. The normalized spacial score (nSPS) is 16.1. The van der Waals surface area contributed by atoms with Crippen LogP contribution in [0.15, 0.2) is 42.2 Å². The van der Waals surface area contributed by atoms with E-state index in [1.807, 2.05) is 18.2 Å². The van der Waals surface area contributed by atoms with E-state index < -0.39 is 41.5 Å². The minimum absolute atomic E-state index is 0.409. The number of rotatable bonds is 4. The van der Waals surface area contributed by atoms with Crippen molar-refractivity contribution in [1.82, 2.24) is 10.3 Å². The van der Waals surface area contributed by atoms with Crippen molar-refractivity contribution in [2.75, 3.05) is 6.54 Å². The molecule has 7 heteroatoms. The number of Topliss-reactive ketones (excluding diaryl/α,β-unsaturated/α-hetero) is 1. The van der Waals surface area contributed by atoms with Crippen LogP contribution in [-0.4, -0.2) is 39.4 Å². The number of amides is 1. The topological polar surface area (TPSA) is 117 Å². The molecule has 1 aromatic carbocycles. The number of carbonyl (C=O) groups is 3. The molecule has 0 fully saturated rings. The zero-order valence-corrected chi connectivity index (χ0v) is 14.8. The van der Waals surface area contributed by atoms with Gasteiger partial charge < -0.3 is 15.5 Å². The van der Waals surface area contributed by atoms with Crippen LogP contribution in [0.25, 0.3) is 16.9 Å². The third-order valence-corrected chi connectivity index (χ3v) is 4.57. The summed E-state index contributed by atoms with van der Waals surface area (Å²) in [5.41, 5.74) is 3.06. The Balaban J connectivity index is 2.12. The second-order valence-electron chi connectivity index (χ2n) is 6.39. The molecule has 1 amide bonds. The first-order chi connectivity index (χ1) is 12.8. The third-order valence-electron chi connectivity index (χ3n) is 4.57. The zero-order chi connectivity index (χ0) is 19.7. The monoisotopic (exact) mass is 366 g/mol. The molecule has 3 rings (SSSR count). The quantitative estimate of drug-likeness (QED) is 0.715. The number of aliphatic hydroxyl groups excluding tert-OH is 1. The molecule has 138 valence electrons. The van der Waals surface area contributed by atoms with E-state index in [-0.39, 0.29) is 0 Å². The number of carbonyl (C=O) groups excluding carboxylic acids is 2. The number of aliphatic hydroxyl groups is 1. The molecule has 3 N–H and O–H groups in total. The molecule has 1 aliphatic carbocycles. The van der Waals surface area contributed by atoms with Gasteiger partial charge in [0.15, 0.2) is 5.78 Å². The van der Waals surface area contributed by atoms with E-state index in [0.29, 0.717) is 16.7 Å². The molecule has 0 aliphatic heterocycles. The molecule has 1 aliphatic rings. The minimum Gasteiger partial charge on any atom is -0.506 e. The number of aliphatic carboxylic acids is 1. The van der Waals surface area contributed by atoms with Crippen LogP contribution in [0.3, 0.4) is 0 Å². The summed E-state index contributed by atoms with van der Waals surface area (Å²) >= 11 is 0. The Bertz CT molecular complexity index is 979. The number of ketones is 1. The number of benzene rings is 1. The third kappa shape index (κ3) is 3.31. The zero-order valence-electron chi connectivity index (χ0n) is 14.8. The van der Waals surface area contributed by atoms with Crippen molar-refractivity contribution in [2.24, 2.45) is 0 Å². The summed E-state index contributed by atoms with van der Waals surface area (Å²) in [6.07, 6.45) is 3.37. The number of hydrogen-bond donors (Lipinski definition) is 3. The average Bonchev–Trinajstić information content (AvgIpc) is 2.64. The van der Waals surface area contributed by atoms with Crippen molar-refractivity contribution >= 4 is 23.4 Å². The molecule has 0 bridgehead atoms. The van der Waals surface area contributed by atoms with E-state index in [0.717, 1.165) is 11.1 Å². The maximum atomic E-state index is 12.7. The van der Waals surface area contributed by atoms with Crippen molar-refractivity contribution in [3.8, 4) is 11.1 Å². The first-order valence-corrected chi connectivity index (χ1v) is 8.34. The van der Waals surface area contributed by atoms with Crippen molar-refractivity contribution in [2.45, 2.75) is 19.8 Å². The highest BCUT2D eigenvalue weighted by Gasteiger charge is 2.36. The Labute approximate surface area is 155 Å². The average molecular weight is 366 g/mol. The fourth-order valence-corrected chi connectivity index (χ4v) is 3.24. The van der Waals surface area contributed by atoms with E-state index in [1.165, 1.54) is 0 Å². The van der Waals surface area contributed by atoms with Gasteiger partial charge in [-0.2, -0.15) is 0 Å².